The van der Waals surface area contributed by atoms with Gasteiger partial charge in [-0.2, -0.15) is 0 Å². The maximum Gasteiger partial charge on any atom is 0.258 e. The number of hydrogen-bond donors (Lipinski definition) is 0. The fraction of sp³-hybridized carbons (Fsp3) is 0.0769. The Bertz CT molecular complexity index is 1280. The van der Waals surface area contributed by atoms with E-state index in [1.54, 1.807) is 12.1 Å². The number of anilines is 1. The van der Waals surface area contributed by atoms with Crippen molar-refractivity contribution in [2.75, 3.05) is 19.0 Å². The van der Waals surface area contributed by atoms with E-state index in [4.69, 9.17) is 0 Å². The lowest BCUT2D eigenvalue weighted by molar-refractivity contribution is 0.0971. The SMILES string of the molecule is CN(C)c1ccc(C=CC(=O)n2c(=O)cc(-c3ccccc3)c3ccccc32)cc1. The highest BCUT2D eigenvalue weighted by atomic mass is 16.2. The molecular weight excluding hydrogens is 372 g/mol. The summed E-state index contributed by atoms with van der Waals surface area (Å²) in [6.45, 7) is 0. The van der Waals surface area contributed by atoms with Crippen molar-refractivity contribution in [3.63, 3.8) is 0 Å². The molecule has 1 heterocycles. The fourth-order valence-electron chi connectivity index (χ4n) is 3.49. The Morgan fingerprint density at radius 2 is 1.53 bits per heavy atom. The Hall–Kier alpha value is -3.92. The highest BCUT2D eigenvalue weighted by Crippen LogP contribution is 2.27. The number of pyridine rings is 1. The van der Waals surface area contributed by atoms with E-state index in [0.29, 0.717) is 5.52 Å². The lowest BCUT2D eigenvalue weighted by Crippen LogP contribution is -2.25. The molecule has 0 fully saturated rings. The zero-order valence-corrected chi connectivity index (χ0v) is 16.9. The van der Waals surface area contributed by atoms with E-state index in [1.807, 2.05) is 91.8 Å². The summed E-state index contributed by atoms with van der Waals surface area (Å²) in [5, 5.41) is 0.861. The summed E-state index contributed by atoms with van der Waals surface area (Å²) in [5.74, 6) is -0.368. The Balaban J connectivity index is 1.75. The minimum absolute atomic E-state index is 0.342. The first kappa shape index (κ1) is 19.4. The van der Waals surface area contributed by atoms with E-state index in [2.05, 4.69) is 0 Å². The van der Waals surface area contributed by atoms with Crippen LogP contribution in [0.25, 0.3) is 28.1 Å². The summed E-state index contributed by atoms with van der Waals surface area (Å²) in [6, 6.07) is 26.6. The molecule has 0 saturated carbocycles. The van der Waals surface area contributed by atoms with Crippen LogP contribution in [0.4, 0.5) is 5.69 Å². The zero-order valence-electron chi connectivity index (χ0n) is 16.9. The van der Waals surface area contributed by atoms with Gasteiger partial charge in [0.15, 0.2) is 0 Å². The summed E-state index contributed by atoms with van der Waals surface area (Å²) in [6.07, 6.45) is 3.18. The fourth-order valence-corrected chi connectivity index (χ4v) is 3.49. The first-order valence-corrected chi connectivity index (χ1v) is 9.74. The van der Waals surface area contributed by atoms with Gasteiger partial charge in [0.25, 0.3) is 11.5 Å². The standard InChI is InChI=1S/C26H22N2O2/c1-27(2)21-15-12-19(13-16-21)14-17-25(29)28-24-11-7-6-10-22(24)23(18-26(28)30)20-8-4-3-5-9-20/h3-18H,1-2H3. The largest absolute Gasteiger partial charge is 0.378 e. The molecule has 3 aromatic carbocycles. The van der Waals surface area contributed by atoms with E-state index < -0.39 is 0 Å². The average Bonchev–Trinajstić information content (AvgIpc) is 2.78. The summed E-state index contributed by atoms with van der Waals surface area (Å²) in [7, 11) is 3.95. The van der Waals surface area contributed by atoms with Gasteiger partial charge in [0.05, 0.1) is 5.52 Å². The number of allylic oxidation sites excluding steroid dienone is 1. The summed E-state index contributed by atoms with van der Waals surface area (Å²) in [5.41, 5.74) is 4.00. The quantitative estimate of drug-likeness (QED) is 0.453. The smallest absolute Gasteiger partial charge is 0.258 e. The van der Waals surface area contributed by atoms with Crippen LogP contribution in [0.3, 0.4) is 0 Å². The van der Waals surface area contributed by atoms with Crippen molar-refractivity contribution < 1.29 is 4.79 Å². The van der Waals surface area contributed by atoms with E-state index in [-0.39, 0.29) is 11.5 Å². The molecule has 0 saturated heterocycles. The normalized spacial score (nSPS) is 11.1. The molecule has 0 bridgehead atoms. The molecule has 0 amide bonds. The molecular formula is C26H22N2O2. The van der Waals surface area contributed by atoms with E-state index >= 15 is 0 Å². The van der Waals surface area contributed by atoms with Crippen LogP contribution in [0.1, 0.15) is 10.4 Å². The van der Waals surface area contributed by atoms with Crippen LogP contribution in [0.5, 0.6) is 0 Å². The first-order valence-electron chi connectivity index (χ1n) is 9.74. The summed E-state index contributed by atoms with van der Waals surface area (Å²) < 4.78 is 1.23. The molecule has 4 rings (SSSR count). The van der Waals surface area contributed by atoms with Crippen LogP contribution in [0.2, 0.25) is 0 Å². The average molecular weight is 394 g/mol. The van der Waals surface area contributed by atoms with Crippen LogP contribution in [-0.4, -0.2) is 24.6 Å². The zero-order chi connectivity index (χ0) is 21.1. The second-order valence-electron chi connectivity index (χ2n) is 7.27. The molecule has 1 aromatic heterocycles. The molecule has 0 N–H and O–H groups in total. The summed E-state index contributed by atoms with van der Waals surface area (Å²) in [4.78, 5) is 27.9. The highest BCUT2D eigenvalue weighted by Gasteiger charge is 2.13. The molecule has 0 atom stereocenters. The van der Waals surface area contributed by atoms with Gasteiger partial charge in [-0.25, -0.2) is 4.57 Å². The molecule has 4 heteroatoms. The van der Waals surface area contributed by atoms with Crippen molar-refractivity contribution in [3.8, 4) is 11.1 Å². The molecule has 30 heavy (non-hydrogen) atoms. The van der Waals surface area contributed by atoms with Gasteiger partial charge in [-0.15, -0.1) is 0 Å². The Morgan fingerprint density at radius 3 is 2.23 bits per heavy atom. The van der Waals surface area contributed by atoms with Crippen LogP contribution in [-0.2, 0) is 0 Å². The first-order chi connectivity index (χ1) is 14.5. The number of carbonyl (C=O) groups is 1. The van der Waals surface area contributed by atoms with E-state index in [0.717, 1.165) is 27.8 Å². The van der Waals surface area contributed by atoms with Gasteiger partial charge in [0, 0.05) is 37.3 Å². The number of nitrogens with zero attached hydrogens (tertiary/aromatic N) is 2. The number of hydrogen-bond acceptors (Lipinski definition) is 3. The molecule has 0 aliphatic heterocycles. The van der Waals surface area contributed by atoms with Crippen molar-refractivity contribution >= 4 is 28.6 Å². The third-order valence-electron chi connectivity index (χ3n) is 5.06. The van der Waals surface area contributed by atoms with Crippen molar-refractivity contribution in [1.29, 1.82) is 0 Å². The number of carbonyl (C=O) groups excluding carboxylic acids is 1. The molecule has 0 aliphatic carbocycles. The number of fused-ring (bicyclic) bond motifs is 1. The third kappa shape index (κ3) is 3.80. The second kappa shape index (κ2) is 8.21. The molecule has 0 unspecified atom stereocenters. The predicted octanol–water partition coefficient (Wildman–Crippen LogP) is 5.09. The second-order valence-corrected chi connectivity index (χ2v) is 7.27. The topological polar surface area (TPSA) is 42.3 Å². The number of aromatic nitrogens is 1. The third-order valence-corrected chi connectivity index (χ3v) is 5.06. The van der Waals surface area contributed by atoms with Crippen LogP contribution >= 0.6 is 0 Å². The van der Waals surface area contributed by atoms with Gasteiger partial charge in [0.2, 0.25) is 0 Å². The molecule has 0 aliphatic rings. The van der Waals surface area contributed by atoms with Crippen molar-refractivity contribution in [3.05, 3.63) is 107 Å². The predicted molar refractivity (Wildman–Crippen MR) is 124 cm³/mol. The van der Waals surface area contributed by atoms with Crippen molar-refractivity contribution in [1.82, 2.24) is 4.57 Å². The Kier molecular flexibility index (Phi) is 5.31. The number of para-hydroxylation sites is 1. The molecule has 4 aromatic rings. The van der Waals surface area contributed by atoms with Crippen LogP contribution < -0.4 is 10.5 Å². The number of rotatable bonds is 4. The molecule has 4 nitrogen and oxygen atoms in total. The van der Waals surface area contributed by atoms with E-state index in [1.165, 1.54) is 16.7 Å². The monoisotopic (exact) mass is 394 g/mol. The lowest BCUT2D eigenvalue weighted by Gasteiger charge is -2.12. The van der Waals surface area contributed by atoms with Gasteiger partial charge in [-0.1, -0.05) is 60.7 Å². The molecule has 148 valence electrons. The maximum absolute atomic E-state index is 12.9. The minimum Gasteiger partial charge on any atom is -0.378 e. The lowest BCUT2D eigenvalue weighted by atomic mass is 10.0. The van der Waals surface area contributed by atoms with Gasteiger partial charge in [0.1, 0.15) is 0 Å². The van der Waals surface area contributed by atoms with Gasteiger partial charge in [-0.3, -0.25) is 9.59 Å². The Morgan fingerprint density at radius 1 is 0.867 bits per heavy atom. The highest BCUT2D eigenvalue weighted by molar-refractivity contribution is 6.03. The van der Waals surface area contributed by atoms with Gasteiger partial charge < -0.3 is 4.90 Å². The van der Waals surface area contributed by atoms with Gasteiger partial charge >= 0.3 is 0 Å². The van der Waals surface area contributed by atoms with Crippen LogP contribution in [0.15, 0.2) is 95.8 Å². The Labute approximate surface area is 175 Å². The van der Waals surface area contributed by atoms with Crippen LogP contribution in [0, 0.1) is 0 Å². The maximum atomic E-state index is 12.9. The van der Waals surface area contributed by atoms with Crippen molar-refractivity contribution in [2.24, 2.45) is 0 Å². The molecule has 0 spiro atoms. The number of benzene rings is 3. The molecule has 0 radical (unpaired) electrons. The minimum atomic E-state index is -0.368. The van der Waals surface area contributed by atoms with Crippen molar-refractivity contribution in [2.45, 2.75) is 0 Å². The van der Waals surface area contributed by atoms with Gasteiger partial charge in [-0.05, 0) is 41.0 Å². The summed E-state index contributed by atoms with van der Waals surface area (Å²) >= 11 is 0. The van der Waals surface area contributed by atoms with E-state index in [9.17, 15) is 9.59 Å².